The smallest absolute Gasteiger partial charge is 0.192 e. The van der Waals surface area contributed by atoms with Crippen LogP contribution in [0.4, 0.5) is 0 Å². The Kier molecular flexibility index (Phi) is 6.56. The van der Waals surface area contributed by atoms with Crippen LogP contribution in [0, 0.1) is 5.92 Å². The van der Waals surface area contributed by atoms with E-state index < -0.39 is 8.32 Å². The van der Waals surface area contributed by atoms with Gasteiger partial charge in [-0.25, -0.2) is 0 Å². The molecule has 0 radical (unpaired) electrons. The second-order valence-corrected chi connectivity index (χ2v) is 13.3. The summed E-state index contributed by atoms with van der Waals surface area (Å²) in [5, 5.41) is 11.1. The fourth-order valence-electron chi connectivity index (χ4n) is 2.05. The third-order valence-electron chi connectivity index (χ3n) is 4.57. The van der Waals surface area contributed by atoms with Gasteiger partial charge in [-0.1, -0.05) is 52.9 Å². The third-order valence-corrected chi connectivity index (χ3v) is 10.1. The highest BCUT2D eigenvalue weighted by molar-refractivity contribution is 7.11. The van der Waals surface area contributed by atoms with Crippen LogP contribution in [0.25, 0.3) is 0 Å². The summed E-state index contributed by atoms with van der Waals surface area (Å²) < 4.78 is 6.19. The van der Waals surface area contributed by atoms with Crippen molar-refractivity contribution in [1.82, 2.24) is 10.2 Å². The van der Waals surface area contributed by atoms with Crippen molar-refractivity contribution in [2.24, 2.45) is 5.92 Å². The first-order valence-corrected chi connectivity index (χ1v) is 11.9. The van der Waals surface area contributed by atoms with E-state index in [1.165, 1.54) is 17.8 Å². The highest BCUT2D eigenvalue weighted by Crippen LogP contribution is 2.42. The van der Waals surface area contributed by atoms with Gasteiger partial charge in [0.1, 0.15) is 10.0 Å². The minimum absolute atomic E-state index is 0.254. The summed E-state index contributed by atoms with van der Waals surface area (Å²) in [6.07, 6.45) is 2.55. The lowest BCUT2D eigenvalue weighted by Gasteiger charge is -2.35. The average Bonchev–Trinajstić information content (AvgIpc) is 2.82. The van der Waals surface area contributed by atoms with E-state index in [0.29, 0.717) is 12.5 Å². The van der Waals surface area contributed by atoms with Gasteiger partial charge in [0, 0.05) is 5.92 Å². The normalized spacial score (nSPS) is 22.3. The summed E-state index contributed by atoms with van der Waals surface area (Å²) in [5.74, 6) is 1.52. The van der Waals surface area contributed by atoms with Crippen LogP contribution in [0.1, 0.15) is 70.3 Å². The maximum absolute atomic E-state index is 6.19. The van der Waals surface area contributed by atoms with Crippen LogP contribution in [-0.2, 0) is 11.0 Å². The molecule has 1 fully saturated rings. The largest absolute Gasteiger partial charge is 0.410 e. The standard InChI is InChI=1S/C14H26N2OSSi.C2H6/c1-10-7-11(8-10)13-16-15-12(18-13)9-17-19(5,6)14(2,3)4;1-2/h10-11H,7-9H2,1-6H3;1-2H3. The molecular formula is C16H32N2OSSi. The monoisotopic (exact) mass is 328 g/mol. The molecule has 1 aromatic rings. The van der Waals surface area contributed by atoms with Gasteiger partial charge in [-0.2, -0.15) is 0 Å². The quantitative estimate of drug-likeness (QED) is 0.675. The lowest BCUT2D eigenvalue weighted by Crippen LogP contribution is -2.40. The molecule has 0 amide bonds. The lowest BCUT2D eigenvalue weighted by molar-refractivity contribution is 0.274. The first-order chi connectivity index (χ1) is 9.69. The Morgan fingerprint density at radius 1 is 1.19 bits per heavy atom. The van der Waals surface area contributed by atoms with Crippen molar-refractivity contribution in [2.45, 2.75) is 85.0 Å². The van der Waals surface area contributed by atoms with Crippen LogP contribution in [0.3, 0.4) is 0 Å². The van der Waals surface area contributed by atoms with E-state index >= 15 is 0 Å². The SMILES string of the molecule is CC.CC1CC(c2nnc(CO[Si](C)(C)C(C)(C)C)s2)C1. The Morgan fingerprint density at radius 2 is 1.76 bits per heavy atom. The van der Waals surface area contributed by atoms with Gasteiger partial charge in [0.05, 0.1) is 6.61 Å². The number of hydrogen-bond donors (Lipinski definition) is 0. The van der Waals surface area contributed by atoms with Crippen molar-refractivity contribution in [3.63, 3.8) is 0 Å². The van der Waals surface area contributed by atoms with Crippen molar-refractivity contribution in [3.8, 4) is 0 Å². The van der Waals surface area contributed by atoms with Gasteiger partial charge >= 0.3 is 0 Å². The van der Waals surface area contributed by atoms with Crippen LogP contribution < -0.4 is 0 Å². The summed E-state index contributed by atoms with van der Waals surface area (Å²) in [4.78, 5) is 0. The number of rotatable bonds is 4. The molecule has 1 aliphatic rings. The van der Waals surface area contributed by atoms with E-state index in [4.69, 9.17) is 4.43 Å². The lowest BCUT2D eigenvalue weighted by atomic mass is 9.77. The van der Waals surface area contributed by atoms with E-state index in [1.54, 1.807) is 11.3 Å². The zero-order valence-electron chi connectivity index (χ0n) is 15.0. The predicted molar refractivity (Wildman–Crippen MR) is 94.4 cm³/mol. The number of aromatic nitrogens is 2. The summed E-state index contributed by atoms with van der Waals surface area (Å²) >= 11 is 1.75. The molecule has 0 saturated heterocycles. The summed E-state index contributed by atoms with van der Waals surface area (Å²) in [6.45, 7) is 18.3. The summed E-state index contributed by atoms with van der Waals surface area (Å²) in [6, 6.07) is 0. The molecule has 1 saturated carbocycles. The van der Waals surface area contributed by atoms with E-state index in [-0.39, 0.29) is 5.04 Å². The van der Waals surface area contributed by atoms with Crippen LogP contribution in [0.2, 0.25) is 18.1 Å². The minimum Gasteiger partial charge on any atom is -0.410 e. The van der Waals surface area contributed by atoms with Gasteiger partial charge in [0.15, 0.2) is 8.32 Å². The van der Waals surface area contributed by atoms with E-state index in [0.717, 1.165) is 10.9 Å². The van der Waals surface area contributed by atoms with Crippen LogP contribution >= 0.6 is 11.3 Å². The predicted octanol–water partition coefficient (Wildman–Crippen LogP) is 5.60. The molecule has 0 spiro atoms. The van der Waals surface area contributed by atoms with Gasteiger partial charge in [0.2, 0.25) is 0 Å². The Bertz CT molecular complexity index is 434. The topological polar surface area (TPSA) is 35.0 Å². The number of nitrogens with zero attached hydrogens (tertiary/aromatic N) is 2. The minimum atomic E-state index is -1.67. The van der Waals surface area contributed by atoms with Crippen molar-refractivity contribution in [3.05, 3.63) is 10.0 Å². The number of hydrogen-bond acceptors (Lipinski definition) is 4. The Morgan fingerprint density at radius 3 is 2.24 bits per heavy atom. The molecule has 0 aliphatic heterocycles. The highest BCUT2D eigenvalue weighted by Gasteiger charge is 2.37. The van der Waals surface area contributed by atoms with E-state index in [9.17, 15) is 0 Å². The molecule has 0 atom stereocenters. The molecule has 21 heavy (non-hydrogen) atoms. The van der Waals surface area contributed by atoms with Crippen LogP contribution in [0.5, 0.6) is 0 Å². The Hall–Kier alpha value is -0.263. The summed E-state index contributed by atoms with van der Waals surface area (Å²) in [5.41, 5.74) is 0. The van der Waals surface area contributed by atoms with Crippen LogP contribution in [0.15, 0.2) is 0 Å². The van der Waals surface area contributed by atoms with Gasteiger partial charge in [-0.15, -0.1) is 10.2 Å². The molecular weight excluding hydrogens is 296 g/mol. The highest BCUT2D eigenvalue weighted by atomic mass is 32.1. The van der Waals surface area contributed by atoms with Gasteiger partial charge < -0.3 is 4.43 Å². The van der Waals surface area contributed by atoms with Crippen molar-refractivity contribution in [1.29, 1.82) is 0 Å². The maximum Gasteiger partial charge on any atom is 0.192 e. The molecule has 122 valence electrons. The first-order valence-electron chi connectivity index (χ1n) is 8.15. The zero-order chi connectivity index (χ0) is 16.3. The fraction of sp³-hybridized carbons (Fsp3) is 0.875. The van der Waals surface area contributed by atoms with Crippen molar-refractivity contribution in [2.75, 3.05) is 0 Å². The second-order valence-electron chi connectivity index (χ2n) is 7.36. The van der Waals surface area contributed by atoms with E-state index in [2.05, 4.69) is 51.0 Å². The Labute approximate surface area is 135 Å². The molecule has 5 heteroatoms. The van der Waals surface area contributed by atoms with Gasteiger partial charge in [-0.3, -0.25) is 0 Å². The molecule has 0 N–H and O–H groups in total. The summed E-state index contributed by atoms with van der Waals surface area (Å²) in [7, 11) is -1.67. The van der Waals surface area contributed by atoms with Crippen molar-refractivity contribution >= 4 is 19.7 Å². The molecule has 0 bridgehead atoms. The van der Waals surface area contributed by atoms with E-state index in [1.807, 2.05) is 13.8 Å². The molecule has 1 heterocycles. The molecule has 1 aliphatic carbocycles. The molecule has 2 rings (SSSR count). The molecule has 1 aromatic heterocycles. The molecule has 0 aromatic carbocycles. The van der Waals surface area contributed by atoms with Gasteiger partial charge in [0.25, 0.3) is 0 Å². The van der Waals surface area contributed by atoms with Crippen molar-refractivity contribution < 1.29 is 4.43 Å². The fourth-order valence-corrected chi connectivity index (χ4v) is 3.97. The van der Waals surface area contributed by atoms with Gasteiger partial charge in [-0.05, 0) is 36.9 Å². The first kappa shape index (κ1) is 18.8. The third kappa shape index (κ3) is 4.86. The molecule has 0 unspecified atom stereocenters. The van der Waals surface area contributed by atoms with Crippen LogP contribution in [-0.4, -0.2) is 18.5 Å². The maximum atomic E-state index is 6.19. The Balaban J connectivity index is 0.00000106. The zero-order valence-corrected chi connectivity index (χ0v) is 16.8. The molecule has 3 nitrogen and oxygen atoms in total. The second kappa shape index (κ2) is 7.33. The average molecular weight is 329 g/mol.